The van der Waals surface area contributed by atoms with E-state index in [-0.39, 0.29) is 6.03 Å². The van der Waals surface area contributed by atoms with E-state index in [1.54, 1.807) is 7.11 Å². The van der Waals surface area contributed by atoms with Crippen LogP contribution in [0.3, 0.4) is 0 Å². The Bertz CT molecular complexity index is 709. The molecular formula is C21H27N3O2. The van der Waals surface area contributed by atoms with Crippen molar-refractivity contribution in [2.45, 2.75) is 32.4 Å². The molecule has 0 bridgehead atoms. The van der Waals surface area contributed by atoms with Crippen molar-refractivity contribution in [1.82, 2.24) is 10.6 Å². The molecule has 0 atom stereocenters. The van der Waals surface area contributed by atoms with Gasteiger partial charge in [0.2, 0.25) is 0 Å². The van der Waals surface area contributed by atoms with Crippen LogP contribution in [0.25, 0.3) is 0 Å². The average Bonchev–Trinajstić information content (AvgIpc) is 2.72. The number of methoxy groups -OCH3 is 1. The minimum absolute atomic E-state index is 0.173. The lowest BCUT2D eigenvalue weighted by Crippen LogP contribution is -2.34. The van der Waals surface area contributed by atoms with Crippen LogP contribution in [0, 0.1) is 0 Å². The van der Waals surface area contributed by atoms with Crippen molar-refractivity contribution < 1.29 is 9.53 Å². The summed E-state index contributed by atoms with van der Waals surface area (Å²) in [5, 5.41) is 5.77. The first-order valence-electron chi connectivity index (χ1n) is 9.23. The molecule has 1 heterocycles. The van der Waals surface area contributed by atoms with Gasteiger partial charge in [-0.2, -0.15) is 0 Å². The molecule has 3 rings (SSSR count). The van der Waals surface area contributed by atoms with E-state index in [1.165, 1.54) is 24.9 Å². The van der Waals surface area contributed by atoms with Crippen molar-refractivity contribution in [3.63, 3.8) is 0 Å². The van der Waals surface area contributed by atoms with Crippen LogP contribution in [0.2, 0.25) is 0 Å². The number of urea groups is 1. The van der Waals surface area contributed by atoms with Crippen LogP contribution in [-0.4, -0.2) is 26.2 Å². The van der Waals surface area contributed by atoms with Crippen LogP contribution >= 0.6 is 0 Å². The average molecular weight is 353 g/mol. The summed E-state index contributed by atoms with van der Waals surface area (Å²) >= 11 is 0. The van der Waals surface area contributed by atoms with E-state index in [4.69, 9.17) is 4.74 Å². The summed E-state index contributed by atoms with van der Waals surface area (Å²) in [6, 6.07) is 16.0. The normalized spacial score (nSPS) is 14.0. The molecular weight excluding hydrogens is 326 g/mol. The molecule has 1 saturated heterocycles. The highest BCUT2D eigenvalue weighted by atomic mass is 16.5. The fraction of sp³-hybridized carbons (Fsp3) is 0.381. The van der Waals surface area contributed by atoms with Crippen molar-refractivity contribution >= 4 is 11.7 Å². The van der Waals surface area contributed by atoms with E-state index in [1.807, 2.05) is 24.3 Å². The first-order chi connectivity index (χ1) is 12.7. The van der Waals surface area contributed by atoms with Crippen molar-refractivity contribution in [3.8, 4) is 5.75 Å². The van der Waals surface area contributed by atoms with Gasteiger partial charge in [0.05, 0.1) is 7.11 Å². The van der Waals surface area contributed by atoms with Crippen LogP contribution in [0.1, 0.15) is 30.4 Å². The molecule has 1 fully saturated rings. The zero-order valence-corrected chi connectivity index (χ0v) is 15.3. The molecule has 1 aliphatic heterocycles. The second kappa shape index (κ2) is 9.13. The number of hydrogen-bond acceptors (Lipinski definition) is 3. The van der Waals surface area contributed by atoms with Gasteiger partial charge < -0.3 is 20.3 Å². The highest BCUT2D eigenvalue weighted by Crippen LogP contribution is 2.20. The maximum Gasteiger partial charge on any atom is 0.315 e. The summed E-state index contributed by atoms with van der Waals surface area (Å²) in [5.41, 5.74) is 3.38. The number of nitrogens with zero attached hydrogens (tertiary/aromatic N) is 1. The lowest BCUT2D eigenvalue weighted by atomic mass is 10.1. The van der Waals surface area contributed by atoms with Crippen LogP contribution in [0.15, 0.2) is 48.5 Å². The lowest BCUT2D eigenvalue weighted by Gasteiger charge is -2.28. The molecule has 0 aliphatic carbocycles. The van der Waals surface area contributed by atoms with Crippen LogP contribution in [0.4, 0.5) is 10.5 Å². The number of carbonyl (C=O) groups is 1. The zero-order chi connectivity index (χ0) is 18.2. The molecule has 2 aromatic carbocycles. The predicted octanol–water partition coefficient (Wildman–Crippen LogP) is 3.68. The van der Waals surface area contributed by atoms with E-state index >= 15 is 0 Å². The van der Waals surface area contributed by atoms with Crippen molar-refractivity contribution in [2.75, 3.05) is 25.1 Å². The number of rotatable bonds is 6. The van der Waals surface area contributed by atoms with Gasteiger partial charge in [-0.15, -0.1) is 0 Å². The molecule has 138 valence electrons. The van der Waals surface area contributed by atoms with Crippen molar-refractivity contribution in [3.05, 3.63) is 59.7 Å². The predicted molar refractivity (Wildman–Crippen MR) is 105 cm³/mol. The van der Waals surface area contributed by atoms with E-state index < -0.39 is 0 Å². The van der Waals surface area contributed by atoms with Crippen LogP contribution in [0.5, 0.6) is 5.75 Å². The second-order valence-electron chi connectivity index (χ2n) is 6.60. The molecule has 5 nitrogen and oxygen atoms in total. The molecule has 0 aromatic heterocycles. The smallest absolute Gasteiger partial charge is 0.315 e. The highest BCUT2D eigenvalue weighted by Gasteiger charge is 2.10. The number of ether oxygens (including phenoxy) is 1. The molecule has 2 aromatic rings. The zero-order valence-electron chi connectivity index (χ0n) is 15.3. The molecule has 5 heteroatoms. The quantitative estimate of drug-likeness (QED) is 0.833. The fourth-order valence-corrected chi connectivity index (χ4v) is 3.19. The van der Waals surface area contributed by atoms with E-state index in [0.717, 1.165) is 30.0 Å². The second-order valence-corrected chi connectivity index (χ2v) is 6.60. The van der Waals surface area contributed by atoms with Gasteiger partial charge in [0.25, 0.3) is 0 Å². The maximum atomic E-state index is 12.0. The number of anilines is 1. The number of piperidine rings is 1. The first kappa shape index (κ1) is 18.1. The molecule has 0 radical (unpaired) electrons. The van der Waals surface area contributed by atoms with E-state index in [0.29, 0.717) is 13.1 Å². The fourth-order valence-electron chi connectivity index (χ4n) is 3.19. The molecule has 1 aliphatic rings. The summed E-state index contributed by atoms with van der Waals surface area (Å²) in [6.07, 6.45) is 3.89. The molecule has 26 heavy (non-hydrogen) atoms. The summed E-state index contributed by atoms with van der Waals surface area (Å²) in [6.45, 7) is 3.27. The number of carbonyl (C=O) groups excluding carboxylic acids is 1. The number of nitrogens with one attached hydrogen (secondary N) is 2. The number of benzene rings is 2. The van der Waals surface area contributed by atoms with Gasteiger partial charge in [-0.05, 0) is 54.7 Å². The Labute approximate surface area is 155 Å². The van der Waals surface area contributed by atoms with Gasteiger partial charge in [-0.25, -0.2) is 4.79 Å². The third-order valence-corrected chi connectivity index (χ3v) is 4.70. The third kappa shape index (κ3) is 5.15. The largest absolute Gasteiger partial charge is 0.497 e. The minimum atomic E-state index is -0.173. The van der Waals surface area contributed by atoms with Gasteiger partial charge in [-0.1, -0.05) is 24.3 Å². The topological polar surface area (TPSA) is 53.6 Å². The van der Waals surface area contributed by atoms with Gasteiger partial charge >= 0.3 is 6.03 Å². The summed E-state index contributed by atoms with van der Waals surface area (Å²) in [7, 11) is 1.63. The monoisotopic (exact) mass is 353 g/mol. The minimum Gasteiger partial charge on any atom is -0.497 e. The maximum absolute atomic E-state index is 12.0. The van der Waals surface area contributed by atoms with E-state index in [9.17, 15) is 4.79 Å². The molecule has 0 spiro atoms. The van der Waals surface area contributed by atoms with Crippen LogP contribution < -0.4 is 20.3 Å². The van der Waals surface area contributed by atoms with Gasteiger partial charge in [-0.3, -0.25) is 0 Å². The Hall–Kier alpha value is -2.69. The Morgan fingerprint density at radius 1 is 0.962 bits per heavy atom. The highest BCUT2D eigenvalue weighted by molar-refractivity contribution is 5.73. The van der Waals surface area contributed by atoms with E-state index in [2.05, 4.69) is 39.8 Å². The van der Waals surface area contributed by atoms with Gasteiger partial charge in [0.1, 0.15) is 5.75 Å². The molecule has 2 amide bonds. The Kier molecular flexibility index (Phi) is 6.36. The van der Waals surface area contributed by atoms with Crippen molar-refractivity contribution in [1.29, 1.82) is 0 Å². The van der Waals surface area contributed by atoms with Crippen LogP contribution in [-0.2, 0) is 13.1 Å². The Morgan fingerprint density at radius 3 is 2.35 bits per heavy atom. The SMILES string of the molecule is COc1cccc(CNC(=O)NCc2ccc(N3CCCCC3)cc2)c1. The number of amides is 2. The summed E-state index contributed by atoms with van der Waals surface area (Å²) in [4.78, 5) is 14.4. The molecule has 0 unspecified atom stereocenters. The summed E-state index contributed by atoms with van der Waals surface area (Å²) < 4.78 is 5.19. The lowest BCUT2D eigenvalue weighted by molar-refractivity contribution is 0.240. The summed E-state index contributed by atoms with van der Waals surface area (Å²) in [5.74, 6) is 0.790. The van der Waals surface area contributed by atoms with Gasteiger partial charge in [0.15, 0.2) is 0 Å². The van der Waals surface area contributed by atoms with Crippen molar-refractivity contribution in [2.24, 2.45) is 0 Å². The standard InChI is InChI=1S/C21H27N3O2/c1-26-20-7-5-6-18(14-20)16-23-21(25)22-15-17-8-10-19(11-9-17)24-12-3-2-4-13-24/h5-11,14H,2-4,12-13,15-16H2,1H3,(H2,22,23,25). The van der Waals surface area contributed by atoms with Gasteiger partial charge in [0, 0.05) is 31.9 Å². The molecule has 2 N–H and O–H groups in total. The molecule has 0 saturated carbocycles. The third-order valence-electron chi connectivity index (χ3n) is 4.70. The first-order valence-corrected chi connectivity index (χ1v) is 9.23. The Morgan fingerprint density at radius 2 is 1.65 bits per heavy atom. The number of hydrogen-bond donors (Lipinski definition) is 2. The Balaban J connectivity index is 1.43.